The van der Waals surface area contributed by atoms with E-state index >= 15 is 0 Å². The number of carbonyl (C=O) groups is 1. The van der Waals surface area contributed by atoms with Crippen molar-refractivity contribution in [2.24, 2.45) is 11.8 Å². The van der Waals surface area contributed by atoms with Gasteiger partial charge in [0.25, 0.3) is 0 Å². The first-order valence-corrected chi connectivity index (χ1v) is 9.57. The molecule has 0 atom stereocenters. The van der Waals surface area contributed by atoms with Gasteiger partial charge in [0.1, 0.15) is 5.82 Å². The largest absolute Gasteiger partial charge is 0.476 e. The Morgan fingerprint density at radius 3 is 2.16 bits per heavy atom. The smallest absolute Gasteiger partial charge is 0.356 e. The molecule has 2 saturated heterocycles. The Bertz CT molecular complexity index is 559. The Hall–Kier alpha value is -1.69. The highest BCUT2D eigenvalue weighted by atomic mass is 16.4. The lowest BCUT2D eigenvalue weighted by atomic mass is 9.82. The summed E-state index contributed by atoms with van der Waals surface area (Å²) in [4.78, 5) is 23.9. The van der Waals surface area contributed by atoms with Crippen LogP contribution in [0.4, 0.5) is 5.82 Å². The number of hydrogen-bond donors (Lipinski definition) is 1. The molecule has 0 amide bonds. The van der Waals surface area contributed by atoms with Crippen LogP contribution in [-0.4, -0.2) is 58.2 Å². The van der Waals surface area contributed by atoms with Crippen LogP contribution in [0.3, 0.4) is 0 Å². The quantitative estimate of drug-likeness (QED) is 0.884. The van der Waals surface area contributed by atoms with Crippen LogP contribution in [0.15, 0.2) is 12.4 Å². The standard InChI is InChI=1S/C19H30N4O2/c1-14(2)22-7-3-15(4-8-22)11-16-5-9-23(10-6-16)18-13-20-17(12-21-18)19(24)25/h12-16H,3-11H2,1-2H3,(H,24,25). The summed E-state index contributed by atoms with van der Waals surface area (Å²) < 4.78 is 0. The van der Waals surface area contributed by atoms with Crippen molar-refractivity contribution in [3.8, 4) is 0 Å². The second kappa shape index (κ2) is 8.13. The predicted octanol–water partition coefficient (Wildman–Crippen LogP) is 2.90. The van der Waals surface area contributed by atoms with E-state index in [1.54, 1.807) is 6.20 Å². The summed E-state index contributed by atoms with van der Waals surface area (Å²) in [5.74, 6) is 1.48. The lowest BCUT2D eigenvalue weighted by Gasteiger charge is -2.38. The van der Waals surface area contributed by atoms with E-state index in [1.165, 1.54) is 51.4 Å². The third kappa shape index (κ3) is 4.69. The monoisotopic (exact) mass is 346 g/mol. The first kappa shape index (κ1) is 18.1. The fourth-order valence-electron chi connectivity index (χ4n) is 4.17. The lowest BCUT2D eigenvalue weighted by Crippen LogP contribution is -2.40. The van der Waals surface area contributed by atoms with Crippen LogP contribution in [0.2, 0.25) is 0 Å². The molecule has 2 aliphatic rings. The molecule has 6 heteroatoms. The highest BCUT2D eigenvalue weighted by Crippen LogP contribution is 2.31. The molecule has 0 spiro atoms. The number of piperidine rings is 2. The Balaban J connectivity index is 1.44. The summed E-state index contributed by atoms with van der Waals surface area (Å²) in [5.41, 5.74) is 0.00590. The molecule has 0 saturated carbocycles. The molecular weight excluding hydrogens is 316 g/mol. The third-order valence-electron chi connectivity index (χ3n) is 5.84. The van der Waals surface area contributed by atoms with Gasteiger partial charge in [0.2, 0.25) is 0 Å². The summed E-state index contributed by atoms with van der Waals surface area (Å²) >= 11 is 0. The Morgan fingerprint density at radius 1 is 1.08 bits per heavy atom. The first-order valence-electron chi connectivity index (χ1n) is 9.57. The molecule has 3 heterocycles. The normalized spacial score (nSPS) is 21.0. The van der Waals surface area contributed by atoms with Crippen LogP contribution < -0.4 is 4.90 Å². The van der Waals surface area contributed by atoms with Crippen molar-refractivity contribution in [2.75, 3.05) is 31.1 Å². The highest BCUT2D eigenvalue weighted by Gasteiger charge is 2.26. The van der Waals surface area contributed by atoms with E-state index < -0.39 is 5.97 Å². The molecule has 3 rings (SSSR count). The van der Waals surface area contributed by atoms with Crippen molar-refractivity contribution in [3.05, 3.63) is 18.1 Å². The molecular formula is C19H30N4O2. The number of aromatic nitrogens is 2. The minimum absolute atomic E-state index is 0.00590. The molecule has 2 fully saturated rings. The number of likely N-dealkylation sites (tertiary alicyclic amines) is 1. The zero-order chi connectivity index (χ0) is 17.8. The molecule has 0 unspecified atom stereocenters. The van der Waals surface area contributed by atoms with Crippen LogP contribution in [-0.2, 0) is 0 Å². The fourth-order valence-corrected chi connectivity index (χ4v) is 4.17. The second-order valence-corrected chi connectivity index (χ2v) is 7.80. The third-order valence-corrected chi connectivity index (χ3v) is 5.84. The van der Waals surface area contributed by atoms with Crippen molar-refractivity contribution in [2.45, 2.75) is 52.0 Å². The molecule has 0 aromatic carbocycles. The molecule has 1 aromatic heterocycles. The second-order valence-electron chi connectivity index (χ2n) is 7.80. The maximum atomic E-state index is 10.9. The van der Waals surface area contributed by atoms with Gasteiger partial charge in [0.15, 0.2) is 5.69 Å². The van der Waals surface area contributed by atoms with Crippen molar-refractivity contribution < 1.29 is 9.90 Å². The van der Waals surface area contributed by atoms with E-state index in [1.807, 2.05) is 0 Å². The maximum absolute atomic E-state index is 10.9. The molecule has 0 bridgehead atoms. The molecule has 138 valence electrons. The van der Waals surface area contributed by atoms with Crippen LogP contribution in [0.5, 0.6) is 0 Å². The molecule has 1 N–H and O–H groups in total. The first-order chi connectivity index (χ1) is 12.0. The zero-order valence-corrected chi connectivity index (χ0v) is 15.4. The van der Waals surface area contributed by atoms with E-state index in [0.29, 0.717) is 6.04 Å². The van der Waals surface area contributed by atoms with Crippen molar-refractivity contribution in [1.82, 2.24) is 14.9 Å². The SMILES string of the molecule is CC(C)N1CCC(CC2CCN(c3cnc(C(=O)O)cn3)CC2)CC1. The van der Waals surface area contributed by atoms with E-state index in [9.17, 15) is 4.79 Å². The highest BCUT2D eigenvalue weighted by molar-refractivity contribution is 5.84. The van der Waals surface area contributed by atoms with E-state index in [4.69, 9.17) is 5.11 Å². The van der Waals surface area contributed by atoms with Gasteiger partial charge in [-0.1, -0.05) is 0 Å². The van der Waals surface area contributed by atoms with Crippen molar-refractivity contribution in [3.63, 3.8) is 0 Å². The molecule has 0 aliphatic carbocycles. The van der Waals surface area contributed by atoms with Crippen LogP contribution in [0.1, 0.15) is 56.4 Å². The predicted molar refractivity (Wildman–Crippen MR) is 98.0 cm³/mol. The number of anilines is 1. The number of carboxylic acids is 1. The van der Waals surface area contributed by atoms with Gasteiger partial charge < -0.3 is 14.9 Å². The van der Waals surface area contributed by atoms with E-state index in [2.05, 4.69) is 33.6 Å². The van der Waals surface area contributed by atoms with Gasteiger partial charge in [-0.3, -0.25) is 0 Å². The topological polar surface area (TPSA) is 69.6 Å². The van der Waals surface area contributed by atoms with Crippen LogP contribution >= 0.6 is 0 Å². The average Bonchev–Trinajstić information content (AvgIpc) is 2.63. The number of nitrogens with zero attached hydrogens (tertiary/aromatic N) is 4. The molecule has 25 heavy (non-hydrogen) atoms. The van der Waals surface area contributed by atoms with Gasteiger partial charge in [-0.2, -0.15) is 0 Å². The molecule has 6 nitrogen and oxygen atoms in total. The van der Waals surface area contributed by atoms with E-state index in [-0.39, 0.29) is 5.69 Å². The van der Waals surface area contributed by atoms with Crippen molar-refractivity contribution >= 4 is 11.8 Å². The van der Waals surface area contributed by atoms with Crippen LogP contribution in [0.25, 0.3) is 0 Å². The van der Waals surface area contributed by atoms with Gasteiger partial charge in [-0.15, -0.1) is 0 Å². The molecule has 2 aliphatic heterocycles. The number of hydrogen-bond acceptors (Lipinski definition) is 5. The summed E-state index contributed by atoms with van der Waals surface area (Å²) in [6.45, 7) is 9.09. The number of carboxylic acid groups (broad SMARTS) is 1. The summed E-state index contributed by atoms with van der Waals surface area (Å²) in [5, 5.41) is 8.90. The molecule has 1 aromatic rings. The Morgan fingerprint density at radius 2 is 1.68 bits per heavy atom. The summed E-state index contributed by atoms with van der Waals surface area (Å²) in [6.07, 6.45) is 9.40. The number of aromatic carboxylic acids is 1. The molecule has 0 radical (unpaired) electrons. The number of rotatable bonds is 5. The minimum Gasteiger partial charge on any atom is -0.476 e. The Kier molecular flexibility index (Phi) is 5.89. The van der Waals surface area contributed by atoms with Gasteiger partial charge in [-0.05, 0) is 70.9 Å². The van der Waals surface area contributed by atoms with Gasteiger partial charge >= 0.3 is 5.97 Å². The summed E-state index contributed by atoms with van der Waals surface area (Å²) in [6, 6.07) is 0.679. The zero-order valence-electron chi connectivity index (χ0n) is 15.4. The van der Waals surface area contributed by atoms with Crippen molar-refractivity contribution in [1.29, 1.82) is 0 Å². The van der Waals surface area contributed by atoms with Crippen LogP contribution in [0, 0.1) is 11.8 Å². The fraction of sp³-hybridized carbons (Fsp3) is 0.737. The average molecular weight is 346 g/mol. The van der Waals surface area contributed by atoms with Gasteiger partial charge in [-0.25, -0.2) is 14.8 Å². The lowest BCUT2D eigenvalue weighted by molar-refractivity contribution is 0.0690. The van der Waals surface area contributed by atoms with Gasteiger partial charge in [0, 0.05) is 19.1 Å². The Labute approximate surface area is 150 Å². The van der Waals surface area contributed by atoms with Gasteiger partial charge in [0.05, 0.1) is 12.4 Å². The van der Waals surface area contributed by atoms with E-state index in [0.717, 1.165) is 30.7 Å². The summed E-state index contributed by atoms with van der Waals surface area (Å²) in [7, 11) is 0. The maximum Gasteiger partial charge on any atom is 0.356 e. The minimum atomic E-state index is -1.03.